The Morgan fingerprint density at radius 3 is 3.06 bits per heavy atom. The van der Waals surface area contributed by atoms with Crippen LogP contribution in [0.5, 0.6) is 0 Å². The molecule has 4 aromatic rings. The highest BCUT2D eigenvalue weighted by atomic mass is 16.2. The quantitative estimate of drug-likeness (QED) is 0.534. The van der Waals surface area contributed by atoms with Gasteiger partial charge < -0.3 is 4.98 Å². The average molecular weight is 424 g/mol. The Hall–Kier alpha value is -4.27. The molecule has 4 aromatic heterocycles. The van der Waals surface area contributed by atoms with Gasteiger partial charge in [-0.05, 0) is 43.2 Å². The SMILES string of the molecule is Cc1cccn2nc([C@H]3c4nc[nH]c4C=CN3C(=O)c3ccnn3C3=NC=CCC3)cc12. The van der Waals surface area contributed by atoms with E-state index in [0.29, 0.717) is 5.69 Å². The van der Waals surface area contributed by atoms with Crippen molar-refractivity contribution in [3.63, 3.8) is 0 Å². The van der Waals surface area contributed by atoms with Crippen LogP contribution >= 0.6 is 0 Å². The van der Waals surface area contributed by atoms with Crippen molar-refractivity contribution in [3.8, 4) is 0 Å². The zero-order chi connectivity index (χ0) is 21.7. The lowest BCUT2D eigenvalue weighted by Crippen LogP contribution is -2.36. The molecule has 0 saturated heterocycles. The first-order chi connectivity index (χ1) is 15.7. The van der Waals surface area contributed by atoms with E-state index < -0.39 is 6.04 Å². The number of imidazole rings is 1. The van der Waals surface area contributed by atoms with Crippen LogP contribution in [0.25, 0.3) is 11.6 Å². The van der Waals surface area contributed by atoms with Crippen molar-refractivity contribution in [2.45, 2.75) is 25.8 Å². The van der Waals surface area contributed by atoms with E-state index in [1.165, 1.54) is 0 Å². The minimum atomic E-state index is -0.468. The molecule has 2 aliphatic heterocycles. The number of pyridine rings is 1. The van der Waals surface area contributed by atoms with Crippen molar-refractivity contribution < 1.29 is 4.79 Å². The summed E-state index contributed by atoms with van der Waals surface area (Å²) < 4.78 is 3.47. The summed E-state index contributed by atoms with van der Waals surface area (Å²) in [5, 5.41) is 9.15. The number of aromatic nitrogens is 6. The number of nitrogens with zero attached hydrogens (tertiary/aromatic N) is 7. The monoisotopic (exact) mass is 424 g/mol. The molecule has 0 spiro atoms. The zero-order valence-corrected chi connectivity index (χ0v) is 17.4. The fraction of sp³-hybridized carbons (Fsp3) is 0.174. The van der Waals surface area contributed by atoms with Crippen LogP contribution in [0.3, 0.4) is 0 Å². The predicted octanol–water partition coefficient (Wildman–Crippen LogP) is 3.33. The Labute approximate surface area is 183 Å². The number of aromatic amines is 1. The molecule has 9 heteroatoms. The van der Waals surface area contributed by atoms with Gasteiger partial charge in [0.05, 0.1) is 35.1 Å². The van der Waals surface area contributed by atoms with Crippen molar-refractivity contribution >= 4 is 23.3 Å². The summed E-state index contributed by atoms with van der Waals surface area (Å²) in [4.78, 5) is 27.6. The molecule has 0 aromatic carbocycles. The Morgan fingerprint density at radius 2 is 2.22 bits per heavy atom. The largest absolute Gasteiger partial charge is 0.345 e. The molecule has 0 fully saturated rings. The van der Waals surface area contributed by atoms with Crippen molar-refractivity contribution in [1.29, 1.82) is 0 Å². The van der Waals surface area contributed by atoms with Crippen LogP contribution in [0.4, 0.5) is 0 Å². The van der Waals surface area contributed by atoms with Crippen molar-refractivity contribution in [1.82, 2.24) is 34.3 Å². The molecule has 1 amide bonds. The van der Waals surface area contributed by atoms with Crippen molar-refractivity contribution in [2.24, 2.45) is 4.99 Å². The number of aliphatic imine (C=N–C) groups is 1. The van der Waals surface area contributed by atoms with Crippen LogP contribution in [-0.4, -0.2) is 46.0 Å². The maximum absolute atomic E-state index is 13.8. The van der Waals surface area contributed by atoms with E-state index in [1.807, 2.05) is 48.0 Å². The molecular formula is C23H20N8O. The molecule has 32 heavy (non-hydrogen) atoms. The standard InChI is InChI=1S/C23H20N8O/c1-15-5-4-11-30-19(15)13-17(28-30)22-21-16(25-14-26-21)8-12-29(22)23(32)18-7-10-27-31(18)20-6-2-3-9-24-20/h3-5,7-14,22H,2,6H2,1H3,(H,25,26)/t22-/m0/s1. The Balaban J connectivity index is 1.46. The first-order valence-electron chi connectivity index (χ1n) is 10.5. The van der Waals surface area contributed by atoms with Crippen LogP contribution < -0.4 is 0 Å². The topological polar surface area (TPSA) is 96.5 Å². The third-order valence-electron chi connectivity index (χ3n) is 5.86. The number of aryl methyl sites for hydroxylation is 1. The van der Waals surface area contributed by atoms with Crippen molar-refractivity contribution in [3.05, 3.63) is 89.8 Å². The second kappa shape index (κ2) is 7.16. The second-order valence-corrected chi connectivity index (χ2v) is 7.82. The van der Waals surface area contributed by atoms with Gasteiger partial charge in [-0.15, -0.1) is 0 Å². The van der Waals surface area contributed by atoms with Gasteiger partial charge in [0.2, 0.25) is 0 Å². The molecule has 0 unspecified atom stereocenters. The van der Waals surface area contributed by atoms with Gasteiger partial charge in [-0.2, -0.15) is 10.2 Å². The highest BCUT2D eigenvalue weighted by Crippen LogP contribution is 2.35. The predicted molar refractivity (Wildman–Crippen MR) is 119 cm³/mol. The Bertz CT molecular complexity index is 1430. The van der Waals surface area contributed by atoms with Gasteiger partial charge in [0, 0.05) is 25.0 Å². The normalized spacial score (nSPS) is 17.6. The van der Waals surface area contributed by atoms with Gasteiger partial charge in [0.1, 0.15) is 17.6 Å². The molecule has 158 valence electrons. The molecule has 6 heterocycles. The third kappa shape index (κ3) is 2.82. The first kappa shape index (κ1) is 18.5. The van der Waals surface area contributed by atoms with E-state index in [-0.39, 0.29) is 5.91 Å². The maximum atomic E-state index is 13.8. The summed E-state index contributed by atoms with van der Waals surface area (Å²) in [6, 6.07) is 7.28. The van der Waals surface area contributed by atoms with Crippen LogP contribution in [0.2, 0.25) is 0 Å². The molecule has 6 rings (SSSR count). The molecule has 1 atom stereocenters. The maximum Gasteiger partial charge on any atom is 0.277 e. The van der Waals surface area contributed by atoms with E-state index in [1.54, 1.807) is 40.6 Å². The molecule has 1 N–H and O–H groups in total. The van der Waals surface area contributed by atoms with Gasteiger partial charge in [-0.25, -0.2) is 19.2 Å². The number of hydrogen-bond acceptors (Lipinski definition) is 5. The summed E-state index contributed by atoms with van der Waals surface area (Å²) in [5.41, 5.74) is 4.92. The summed E-state index contributed by atoms with van der Waals surface area (Å²) in [7, 11) is 0. The second-order valence-electron chi connectivity index (χ2n) is 7.82. The fourth-order valence-electron chi connectivity index (χ4n) is 4.27. The van der Waals surface area contributed by atoms with Crippen molar-refractivity contribution in [2.75, 3.05) is 0 Å². The minimum Gasteiger partial charge on any atom is -0.345 e. The Morgan fingerprint density at radius 1 is 1.28 bits per heavy atom. The summed E-state index contributed by atoms with van der Waals surface area (Å²) in [6.45, 7) is 2.04. The highest BCUT2D eigenvalue weighted by molar-refractivity contribution is 5.99. The summed E-state index contributed by atoms with van der Waals surface area (Å²) >= 11 is 0. The van der Waals surface area contributed by atoms with E-state index in [0.717, 1.165) is 46.8 Å². The molecule has 2 aliphatic rings. The highest BCUT2D eigenvalue weighted by Gasteiger charge is 2.35. The number of hydrogen-bond donors (Lipinski definition) is 1. The first-order valence-corrected chi connectivity index (χ1v) is 10.5. The number of rotatable bonds is 2. The van der Waals surface area contributed by atoms with Gasteiger partial charge in [0.25, 0.3) is 5.91 Å². The lowest BCUT2D eigenvalue weighted by Gasteiger charge is -2.29. The lowest BCUT2D eigenvalue weighted by atomic mass is 10.0. The molecule has 9 nitrogen and oxygen atoms in total. The number of amides is 1. The number of nitrogens with one attached hydrogen (secondary N) is 1. The van der Waals surface area contributed by atoms with E-state index in [2.05, 4.69) is 20.1 Å². The van der Waals surface area contributed by atoms with Gasteiger partial charge >= 0.3 is 0 Å². The van der Waals surface area contributed by atoms with E-state index >= 15 is 0 Å². The fourth-order valence-corrected chi connectivity index (χ4v) is 4.27. The minimum absolute atomic E-state index is 0.191. The third-order valence-corrected chi connectivity index (χ3v) is 5.86. The average Bonchev–Trinajstić information content (AvgIpc) is 3.58. The number of carbonyl (C=O) groups is 1. The van der Waals surface area contributed by atoms with Crippen LogP contribution in [0.1, 0.15) is 52.0 Å². The van der Waals surface area contributed by atoms with Gasteiger partial charge in [0.15, 0.2) is 0 Å². The molecular weight excluding hydrogens is 404 g/mol. The molecule has 0 radical (unpaired) electrons. The van der Waals surface area contributed by atoms with Crippen LogP contribution in [0, 0.1) is 6.92 Å². The number of carbonyl (C=O) groups excluding carboxylic acids is 1. The number of fused-ring (bicyclic) bond motifs is 2. The smallest absolute Gasteiger partial charge is 0.277 e. The Kier molecular flexibility index (Phi) is 4.14. The van der Waals surface area contributed by atoms with E-state index in [9.17, 15) is 4.79 Å². The van der Waals surface area contributed by atoms with Gasteiger partial charge in [-0.1, -0.05) is 12.1 Å². The van der Waals surface area contributed by atoms with Gasteiger partial charge in [-0.3, -0.25) is 9.69 Å². The van der Waals surface area contributed by atoms with Crippen LogP contribution in [0.15, 0.2) is 66.5 Å². The number of allylic oxidation sites excluding steroid dienone is 1. The lowest BCUT2D eigenvalue weighted by molar-refractivity contribution is 0.0774. The van der Waals surface area contributed by atoms with Crippen LogP contribution in [-0.2, 0) is 0 Å². The molecule has 0 bridgehead atoms. The molecule has 0 aliphatic carbocycles. The zero-order valence-electron chi connectivity index (χ0n) is 17.4. The van der Waals surface area contributed by atoms with E-state index in [4.69, 9.17) is 5.10 Å². The summed E-state index contributed by atoms with van der Waals surface area (Å²) in [6.07, 6.45) is 14.2. The number of H-pyrrole nitrogens is 1. The summed E-state index contributed by atoms with van der Waals surface area (Å²) in [5.74, 6) is 0.561. The molecule has 0 saturated carbocycles.